The highest BCUT2D eigenvalue weighted by Crippen LogP contribution is 2.29. The van der Waals surface area contributed by atoms with Crippen molar-refractivity contribution in [3.63, 3.8) is 0 Å². The summed E-state index contributed by atoms with van der Waals surface area (Å²) in [6.07, 6.45) is 2.79. The molecule has 2 aromatic rings. The van der Waals surface area contributed by atoms with Crippen molar-refractivity contribution in [2.24, 2.45) is 0 Å². The summed E-state index contributed by atoms with van der Waals surface area (Å²) in [5.41, 5.74) is 0.372. The first kappa shape index (κ1) is 17.2. The number of carbonyl (C=O) groups is 1. The third kappa shape index (κ3) is 3.88. The first-order valence-electron chi connectivity index (χ1n) is 8.29. The highest BCUT2D eigenvalue weighted by atomic mass is 16.6. The summed E-state index contributed by atoms with van der Waals surface area (Å²) in [6, 6.07) is 9.63. The number of aliphatic hydroxyl groups is 1. The minimum atomic E-state index is -0.764. The molecule has 1 aromatic carbocycles. The van der Waals surface area contributed by atoms with Gasteiger partial charge in [0, 0.05) is 30.6 Å². The van der Waals surface area contributed by atoms with Crippen LogP contribution in [0.3, 0.4) is 0 Å². The molecule has 0 radical (unpaired) electrons. The highest BCUT2D eigenvalue weighted by molar-refractivity contribution is 5.80. The molecule has 1 fully saturated rings. The van der Waals surface area contributed by atoms with Gasteiger partial charge in [-0.3, -0.25) is 14.9 Å². The number of nitrogens with zero attached hydrogens (tertiary/aromatic N) is 2. The van der Waals surface area contributed by atoms with Gasteiger partial charge in [0.05, 0.1) is 17.6 Å². The summed E-state index contributed by atoms with van der Waals surface area (Å²) in [5.74, 6) is 0.335. The second kappa shape index (κ2) is 7.48. The Hall–Kier alpha value is -2.67. The molecule has 1 saturated heterocycles. The Morgan fingerprint density at radius 3 is 2.88 bits per heavy atom. The SMILES string of the molecule is O=C(Cc1ccccc1[N+](=O)[O-])N1CCCC1CC(O)c1ccco1. The Morgan fingerprint density at radius 2 is 2.16 bits per heavy atom. The zero-order valence-corrected chi connectivity index (χ0v) is 13.7. The Kier molecular flexibility index (Phi) is 5.14. The van der Waals surface area contributed by atoms with Crippen LogP contribution >= 0.6 is 0 Å². The van der Waals surface area contributed by atoms with Gasteiger partial charge in [0.2, 0.25) is 5.91 Å². The maximum absolute atomic E-state index is 12.7. The molecule has 7 heteroatoms. The highest BCUT2D eigenvalue weighted by Gasteiger charge is 2.32. The van der Waals surface area contributed by atoms with E-state index in [-0.39, 0.29) is 24.1 Å². The van der Waals surface area contributed by atoms with E-state index in [4.69, 9.17) is 4.42 Å². The molecule has 132 valence electrons. The second-order valence-corrected chi connectivity index (χ2v) is 6.21. The van der Waals surface area contributed by atoms with Crippen LogP contribution in [-0.4, -0.2) is 33.4 Å². The average Bonchev–Trinajstić information content (AvgIpc) is 3.26. The molecule has 2 heterocycles. The molecule has 25 heavy (non-hydrogen) atoms. The van der Waals surface area contributed by atoms with Crippen LogP contribution in [0.2, 0.25) is 0 Å². The van der Waals surface area contributed by atoms with E-state index < -0.39 is 11.0 Å². The Labute approximate surface area is 145 Å². The number of amides is 1. The van der Waals surface area contributed by atoms with Crippen molar-refractivity contribution in [2.45, 2.75) is 37.8 Å². The lowest BCUT2D eigenvalue weighted by Crippen LogP contribution is -2.37. The van der Waals surface area contributed by atoms with Crippen molar-refractivity contribution in [2.75, 3.05) is 6.54 Å². The molecule has 1 aliphatic rings. The summed E-state index contributed by atoms with van der Waals surface area (Å²) in [4.78, 5) is 25.0. The van der Waals surface area contributed by atoms with Crippen molar-refractivity contribution in [3.05, 3.63) is 64.1 Å². The van der Waals surface area contributed by atoms with Crippen molar-refractivity contribution in [1.29, 1.82) is 0 Å². The van der Waals surface area contributed by atoms with E-state index in [0.717, 1.165) is 12.8 Å². The molecule has 2 atom stereocenters. The zero-order valence-electron chi connectivity index (χ0n) is 13.7. The standard InChI is InChI=1S/C18H20N2O5/c21-16(17-8-4-10-25-17)12-14-6-3-9-19(14)18(22)11-13-5-1-2-7-15(13)20(23)24/h1-2,4-5,7-8,10,14,16,21H,3,6,9,11-12H2. The summed E-state index contributed by atoms with van der Waals surface area (Å²) in [5, 5.41) is 21.4. The zero-order chi connectivity index (χ0) is 17.8. The van der Waals surface area contributed by atoms with Crippen molar-refractivity contribution < 1.29 is 19.2 Å². The maximum Gasteiger partial charge on any atom is 0.273 e. The molecule has 1 aliphatic heterocycles. The molecule has 0 aliphatic carbocycles. The lowest BCUT2D eigenvalue weighted by atomic mass is 10.0. The first-order chi connectivity index (χ1) is 12.1. The van der Waals surface area contributed by atoms with E-state index in [1.165, 1.54) is 12.3 Å². The van der Waals surface area contributed by atoms with Crippen molar-refractivity contribution in [1.82, 2.24) is 4.90 Å². The van der Waals surface area contributed by atoms with Gasteiger partial charge < -0.3 is 14.4 Å². The van der Waals surface area contributed by atoms with Gasteiger partial charge in [0.25, 0.3) is 5.69 Å². The number of likely N-dealkylation sites (tertiary alicyclic amines) is 1. The normalized spacial score (nSPS) is 18.3. The summed E-state index contributed by atoms with van der Waals surface area (Å²) < 4.78 is 5.21. The minimum absolute atomic E-state index is 0.00942. The number of rotatable bonds is 6. The molecule has 1 amide bonds. The number of nitro benzene ring substituents is 1. The smallest absolute Gasteiger partial charge is 0.273 e. The fourth-order valence-electron chi connectivity index (χ4n) is 3.37. The van der Waals surface area contributed by atoms with Gasteiger partial charge >= 0.3 is 0 Å². The molecule has 7 nitrogen and oxygen atoms in total. The molecule has 1 aromatic heterocycles. The molecule has 0 spiro atoms. The van der Waals surface area contributed by atoms with E-state index in [2.05, 4.69) is 0 Å². The van der Waals surface area contributed by atoms with Gasteiger partial charge in [-0.15, -0.1) is 0 Å². The van der Waals surface area contributed by atoms with E-state index >= 15 is 0 Å². The molecule has 0 saturated carbocycles. The third-order valence-electron chi connectivity index (χ3n) is 4.59. The second-order valence-electron chi connectivity index (χ2n) is 6.21. The van der Waals surface area contributed by atoms with Crippen LogP contribution in [0.5, 0.6) is 0 Å². The monoisotopic (exact) mass is 344 g/mol. The Bertz CT molecular complexity index is 744. The van der Waals surface area contributed by atoms with Gasteiger partial charge in [-0.2, -0.15) is 0 Å². The number of hydrogen-bond acceptors (Lipinski definition) is 5. The average molecular weight is 344 g/mol. The lowest BCUT2D eigenvalue weighted by molar-refractivity contribution is -0.385. The van der Waals surface area contributed by atoms with Gasteiger partial charge in [-0.1, -0.05) is 18.2 Å². The van der Waals surface area contributed by atoms with Crippen molar-refractivity contribution >= 4 is 11.6 Å². The van der Waals surface area contributed by atoms with Crippen molar-refractivity contribution in [3.8, 4) is 0 Å². The number of carbonyl (C=O) groups excluding carboxylic acids is 1. The quantitative estimate of drug-likeness (QED) is 0.642. The number of benzene rings is 1. The topological polar surface area (TPSA) is 96.8 Å². The van der Waals surface area contributed by atoms with Crippen LogP contribution in [0, 0.1) is 10.1 Å². The number of aliphatic hydroxyl groups excluding tert-OH is 1. The molecule has 3 rings (SSSR count). The van der Waals surface area contributed by atoms with E-state index in [1.807, 2.05) is 0 Å². The number of furan rings is 1. The van der Waals surface area contributed by atoms with E-state index in [1.54, 1.807) is 35.2 Å². The number of para-hydroxylation sites is 1. The fourth-order valence-corrected chi connectivity index (χ4v) is 3.37. The Balaban J connectivity index is 1.68. The molecule has 1 N–H and O–H groups in total. The van der Waals surface area contributed by atoms with Crippen LogP contribution < -0.4 is 0 Å². The fraction of sp³-hybridized carbons (Fsp3) is 0.389. The van der Waals surface area contributed by atoms with Crippen LogP contribution in [0.25, 0.3) is 0 Å². The van der Waals surface area contributed by atoms with Crippen LogP contribution in [0.15, 0.2) is 47.1 Å². The minimum Gasteiger partial charge on any atom is -0.467 e. The first-order valence-corrected chi connectivity index (χ1v) is 8.29. The third-order valence-corrected chi connectivity index (χ3v) is 4.59. The number of nitro groups is 1. The predicted octanol–water partition coefficient (Wildman–Crippen LogP) is 2.85. The summed E-state index contributed by atoms with van der Waals surface area (Å²) in [7, 11) is 0. The number of hydrogen-bond donors (Lipinski definition) is 1. The molecule has 0 bridgehead atoms. The van der Waals surface area contributed by atoms with Gasteiger partial charge in [0.1, 0.15) is 11.9 Å². The Morgan fingerprint density at radius 1 is 1.36 bits per heavy atom. The van der Waals surface area contributed by atoms with Gasteiger partial charge in [-0.05, 0) is 25.0 Å². The predicted molar refractivity (Wildman–Crippen MR) is 89.8 cm³/mol. The largest absolute Gasteiger partial charge is 0.467 e. The van der Waals surface area contributed by atoms with Gasteiger partial charge in [-0.25, -0.2) is 0 Å². The van der Waals surface area contributed by atoms with E-state index in [9.17, 15) is 20.0 Å². The summed E-state index contributed by atoms with van der Waals surface area (Å²) >= 11 is 0. The van der Waals surface area contributed by atoms with Gasteiger partial charge in [0.15, 0.2) is 0 Å². The molecular weight excluding hydrogens is 324 g/mol. The van der Waals surface area contributed by atoms with Crippen LogP contribution in [-0.2, 0) is 11.2 Å². The summed E-state index contributed by atoms with van der Waals surface area (Å²) in [6.45, 7) is 0.606. The maximum atomic E-state index is 12.7. The molecule has 2 unspecified atom stereocenters. The van der Waals surface area contributed by atoms with E-state index in [0.29, 0.717) is 24.3 Å². The van der Waals surface area contributed by atoms with Crippen LogP contribution in [0.4, 0.5) is 5.69 Å². The lowest BCUT2D eigenvalue weighted by Gasteiger charge is -2.26. The molecular formula is C18H20N2O5. The van der Waals surface area contributed by atoms with Crippen LogP contribution in [0.1, 0.15) is 36.7 Å².